The van der Waals surface area contributed by atoms with Crippen LogP contribution in [0.5, 0.6) is 5.75 Å². The molecule has 0 aliphatic heterocycles. The highest BCUT2D eigenvalue weighted by molar-refractivity contribution is 5.91. The number of hydrogen-bond acceptors (Lipinski definition) is 2. The van der Waals surface area contributed by atoms with Crippen molar-refractivity contribution in [2.45, 2.75) is 13.3 Å². The molecule has 0 spiro atoms. The van der Waals surface area contributed by atoms with Crippen molar-refractivity contribution in [1.82, 2.24) is 0 Å². The lowest BCUT2D eigenvalue weighted by Crippen LogP contribution is -2.10. The van der Waals surface area contributed by atoms with Gasteiger partial charge in [-0.1, -0.05) is 25.6 Å². The Kier molecular flexibility index (Phi) is 4.10. The lowest BCUT2D eigenvalue weighted by atomic mass is 9.97. The summed E-state index contributed by atoms with van der Waals surface area (Å²) in [6.07, 6.45) is 2.13. The Morgan fingerprint density at radius 3 is 2.53 bits per heavy atom. The fourth-order valence-electron chi connectivity index (χ4n) is 1.42. The summed E-state index contributed by atoms with van der Waals surface area (Å²) in [6.45, 7) is 5.39. The van der Waals surface area contributed by atoms with Gasteiger partial charge in [-0.3, -0.25) is 4.79 Å². The quantitative estimate of drug-likeness (QED) is 0.689. The first kappa shape index (κ1) is 11.5. The van der Waals surface area contributed by atoms with Gasteiger partial charge in [-0.25, -0.2) is 0 Å². The third-order valence-corrected chi connectivity index (χ3v) is 2.39. The summed E-state index contributed by atoms with van der Waals surface area (Å²) in [6, 6.07) is 7.76. The standard InChI is InChI=1S/C13H16O2/c1-4-13(14)10(2)9-11-5-7-12(15-3)8-6-11/h4-8,10H,1,9H2,2-3H3/t10-/m0/s1. The second-order valence-electron chi connectivity index (χ2n) is 3.56. The van der Waals surface area contributed by atoms with Gasteiger partial charge >= 0.3 is 0 Å². The fraction of sp³-hybridized carbons (Fsp3) is 0.308. The van der Waals surface area contributed by atoms with Gasteiger partial charge in [0.1, 0.15) is 5.75 Å². The molecular weight excluding hydrogens is 188 g/mol. The minimum absolute atomic E-state index is 0.00380. The van der Waals surface area contributed by atoms with Gasteiger partial charge in [-0.15, -0.1) is 0 Å². The highest BCUT2D eigenvalue weighted by Gasteiger charge is 2.09. The summed E-state index contributed by atoms with van der Waals surface area (Å²) < 4.78 is 5.06. The van der Waals surface area contributed by atoms with Crippen LogP contribution in [0.1, 0.15) is 12.5 Å². The molecule has 2 heteroatoms. The Morgan fingerprint density at radius 1 is 1.47 bits per heavy atom. The van der Waals surface area contributed by atoms with Crippen molar-refractivity contribution in [2.24, 2.45) is 5.92 Å². The number of allylic oxidation sites excluding steroid dienone is 1. The molecule has 1 aromatic carbocycles. The Labute approximate surface area is 90.6 Å². The van der Waals surface area contributed by atoms with Gasteiger partial charge < -0.3 is 4.74 Å². The number of carbonyl (C=O) groups excluding carboxylic acids is 1. The second kappa shape index (κ2) is 5.35. The van der Waals surface area contributed by atoms with Gasteiger partial charge in [0, 0.05) is 5.92 Å². The average molecular weight is 204 g/mol. The van der Waals surface area contributed by atoms with Gasteiger partial charge in [-0.2, -0.15) is 0 Å². The summed E-state index contributed by atoms with van der Waals surface area (Å²) >= 11 is 0. The maximum atomic E-state index is 11.3. The molecular formula is C13H16O2. The molecule has 0 saturated carbocycles. The van der Waals surface area contributed by atoms with E-state index in [9.17, 15) is 4.79 Å². The minimum Gasteiger partial charge on any atom is -0.497 e. The van der Waals surface area contributed by atoms with Gasteiger partial charge in [0.25, 0.3) is 0 Å². The number of benzene rings is 1. The molecule has 0 heterocycles. The van der Waals surface area contributed by atoms with Crippen LogP contribution in [0.4, 0.5) is 0 Å². The zero-order chi connectivity index (χ0) is 11.3. The first-order valence-corrected chi connectivity index (χ1v) is 4.96. The van der Waals surface area contributed by atoms with E-state index in [1.807, 2.05) is 31.2 Å². The van der Waals surface area contributed by atoms with E-state index in [1.54, 1.807) is 7.11 Å². The summed E-state index contributed by atoms with van der Waals surface area (Å²) in [7, 11) is 1.64. The van der Waals surface area contributed by atoms with Crippen molar-refractivity contribution >= 4 is 5.78 Å². The number of methoxy groups -OCH3 is 1. The molecule has 1 atom stereocenters. The highest BCUT2D eigenvalue weighted by Crippen LogP contribution is 2.15. The second-order valence-corrected chi connectivity index (χ2v) is 3.56. The number of carbonyl (C=O) groups is 1. The molecule has 0 fully saturated rings. The number of ether oxygens (including phenoxy) is 1. The van der Waals surface area contributed by atoms with Crippen LogP contribution in [-0.2, 0) is 11.2 Å². The van der Waals surface area contributed by atoms with E-state index in [0.717, 1.165) is 17.7 Å². The molecule has 0 N–H and O–H groups in total. The predicted molar refractivity (Wildman–Crippen MR) is 61.1 cm³/mol. The molecule has 1 aromatic rings. The normalized spacial score (nSPS) is 11.9. The van der Waals surface area contributed by atoms with Crippen LogP contribution in [0.3, 0.4) is 0 Å². The predicted octanol–water partition coefficient (Wildman–Crippen LogP) is 2.63. The number of hydrogen-bond donors (Lipinski definition) is 0. The highest BCUT2D eigenvalue weighted by atomic mass is 16.5. The Hall–Kier alpha value is -1.57. The molecule has 15 heavy (non-hydrogen) atoms. The van der Waals surface area contributed by atoms with Crippen LogP contribution in [0, 0.1) is 5.92 Å². The molecule has 1 rings (SSSR count). The topological polar surface area (TPSA) is 26.3 Å². The van der Waals surface area contributed by atoms with E-state index >= 15 is 0 Å². The van der Waals surface area contributed by atoms with Crippen LogP contribution in [0.15, 0.2) is 36.9 Å². The van der Waals surface area contributed by atoms with Crippen molar-refractivity contribution in [1.29, 1.82) is 0 Å². The molecule has 80 valence electrons. The third-order valence-electron chi connectivity index (χ3n) is 2.39. The van der Waals surface area contributed by atoms with Gasteiger partial charge in [-0.05, 0) is 30.2 Å². The largest absolute Gasteiger partial charge is 0.497 e. The van der Waals surface area contributed by atoms with Crippen molar-refractivity contribution < 1.29 is 9.53 Å². The molecule has 0 aliphatic carbocycles. The molecule has 2 nitrogen and oxygen atoms in total. The average Bonchev–Trinajstić information content (AvgIpc) is 2.29. The first-order valence-electron chi connectivity index (χ1n) is 4.96. The smallest absolute Gasteiger partial charge is 0.158 e. The van der Waals surface area contributed by atoms with E-state index < -0.39 is 0 Å². The molecule has 0 radical (unpaired) electrons. The van der Waals surface area contributed by atoms with Crippen LogP contribution in [0.25, 0.3) is 0 Å². The van der Waals surface area contributed by atoms with E-state index in [0.29, 0.717) is 0 Å². The minimum atomic E-state index is -0.00380. The zero-order valence-corrected chi connectivity index (χ0v) is 9.19. The number of ketones is 1. The van der Waals surface area contributed by atoms with E-state index in [4.69, 9.17) is 4.74 Å². The number of rotatable bonds is 5. The first-order chi connectivity index (χ1) is 7.17. The lowest BCUT2D eigenvalue weighted by molar-refractivity contribution is -0.117. The Morgan fingerprint density at radius 2 is 2.07 bits per heavy atom. The van der Waals surface area contributed by atoms with E-state index in [2.05, 4.69) is 6.58 Å². The molecule has 0 amide bonds. The van der Waals surface area contributed by atoms with Crippen molar-refractivity contribution in [3.05, 3.63) is 42.5 Å². The Balaban J connectivity index is 2.64. The van der Waals surface area contributed by atoms with Gasteiger partial charge in [0.2, 0.25) is 0 Å². The molecule has 0 aliphatic rings. The summed E-state index contributed by atoms with van der Waals surface area (Å²) in [4.78, 5) is 11.3. The van der Waals surface area contributed by atoms with Crippen LogP contribution in [-0.4, -0.2) is 12.9 Å². The molecule has 0 saturated heterocycles. The molecule has 0 aromatic heterocycles. The SMILES string of the molecule is C=CC(=O)[C@@H](C)Cc1ccc(OC)cc1. The maximum absolute atomic E-state index is 11.3. The summed E-state index contributed by atoms with van der Waals surface area (Å²) in [5, 5.41) is 0. The monoisotopic (exact) mass is 204 g/mol. The van der Waals surface area contributed by atoms with Crippen LogP contribution in [0.2, 0.25) is 0 Å². The fourth-order valence-corrected chi connectivity index (χ4v) is 1.42. The molecule has 0 bridgehead atoms. The van der Waals surface area contributed by atoms with Crippen LogP contribution < -0.4 is 4.74 Å². The van der Waals surface area contributed by atoms with Crippen LogP contribution >= 0.6 is 0 Å². The van der Waals surface area contributed by atoms with Crippen molar-refractivity contribution in [3.8, 4) is 5.75 Å². The maximum Gasteiger partial charge on any atom is 0.158 e. The third kappa shape index (κ3) is 3.24. The van der Waals surface area contributed by atoms with Gasteiger partial charge in [0.05, 0.1) is 7.11 Å². The molecule has 0 unspecified atom stereocenters. The lowest BCUT2D eigenvalue weighted by Gasteiger charge is -2.08. The summed E-state index contributed by atoms with van der Waals surface area (Å²) in [5.41, 5.74) is 1.14. The van der Waals surface area contributed by atoms with E-state index in [-0.39, 0.29) is 11.7 Å². The summed E-state index contributed by atoms with van der Waals surface area (Å²) in [5.74, 6) is 0.920. The zero-order valence-electron chi connectivity index (χ0n) is 9.19. The van der Waals surface area contributed by atoms with Gasteiger partial charge in [0.15, 0.2) is 5.78 Å². The van der Waals surface area contributed by atoms with E-state index in [1.165, 1.54) is 6.08 Å². The van der Waals surface area contributed by atoms with Crippen molar-refractivity contribution in [2.75, 3.05) is 7.11 Å². The Bertz CT molecular complexity index is 338. The van der Waals surface area contributed by atoms with Crippen molar-refractivity contribution in [3.63, 3.8) is 0 Å².